The summed E-state index contributed by atoms with van der Waals surface area (Å²) >= 11 is 0. The van der Waals surface area contributed by atoms with Gasteiger partial charge in [0, 0.05) is 13.1 Å². The zero-order chi connectivity index (χ0) is 13.0. The van der Waals surface area contributed by atoms with Crippen molar-refractivity contribution in [3.8, 4) is 0 Å². The van der Waals surface area contributed by atoms with E-state index in [0.29, 0.717) is 6.54 Å². The van der Waals surface area contributed by atoms with Crippen molar-refractivity contribution >= 4 is 10.1 Å². The van der Waals surface area contributed by atoms with Gasteiger partial charge in [0.1, 0.15) is 0 Å². The predicted molar refractivity (Wildman–Crippen MR) is 70.7 cm³/mol. The van der Waals surface area contributed by atoms with E-state index < -0.39 is 10.1 Å². The lowest BCUT2D eigenvalue weighted by atomic mass is 10.1. The first kappa shape index (κ1) is 13.5. The van der Waals surface area contributed by atoms with Gasteiger partial charge in [0.2, 0.25) is 0 Å². The highest BCUT2D eigenvalue weighted by atomic mass is 32.2. The van der Waals surface area contributed by atoms with Crippen molar-refractivity contribution in [3.05, 3.63) is 35.9 Å². The molecule has 1 heterocycles. The van der Waals surface area contributed by atoms with Gasteiger partial charge in [0.25, 0.3) is 10.1 Å². The lowest BCUT2D eigenvalue weighted by Gasteiger charge is -2.31. The summed E-state index contributed by atoms with van der Waals surface area (Å²) in [7, 11) is -3.35. The van der Waals surface area contributed by atoms with Gasteiger partial charge in [-0.25, -0.2) is 0 Å². The van der Waals surface area contributed by atoms with Crippen LogP contribution in [0.1, 0.15) is 18.4 Å². The number of nitrogens with zero attached hydrogens (tertiary/aromatic N) is 1. The van der Waals surface area contributed by atoms with Crippen molar-refractivity contribution in [2.75, 3.05) is 19.3 Å². The van der Waals surface area contributed by atoms with Crippen molar-refractivity contribution in [1.82, 2.24) is 4.90 Å². The van der Waals surface area contributed by atoms with Gasteiger partial charge in [0.05, 0.1) is 12.4 Å². The third-order valence-corrected chi connectivity index (χ3v) is 3.64. The number of piperidine rings is 1. The van der Waals surface area contributed by atoms with Gasteiger partial charge >= 0.3 is 0 Å². The highest BCUT2D eigenvalue weighted by molar-refractivity contribution is 7.86. The maximum absolute atomic E-state index is 11.1. The molecular weight excluding hydrogens is 250 g/mol. The SMILES string of the molecule is CS(=O)(=O)O[C@@H]1CCCN(Cc2ccccc2)C1. The smallest absolute Gasteiger partial charge is 0.264 e. The van der Waals surface area contributed by atoms with Crippen LogP contribution in [0, 0.1) is 0 Å². The molecule has 1 aliphatic rings. The average molecular weight is 269 g/mol. The number of rotatable bonds is 4. The molecule has 1 atom stereocenters. The molecule has 0 unspecified atom stereocenters. The van der Waals surface area contributed by atoms with E-state index in [0.717, 1.165) is 32.2 Å². The van der Waals surface area contributed by atoms with Crippen LogP contribution in [0.5, 0.6) is 0 Å². The second-order valence-corrected chi connectivity index (χ2v) is 6.39. The lowest BCUT2D eigenvalue weighted by Crippen LogP contribution is -2.39. The number of benzene rings is 1. The molecule has 1 saturated heterocycles. The van der Waals surface area contributed by atoms with Gasteiger partial charge in [-0.3, -0.25) is 9.08 Å². The summed E-state index contributed by atoms with van der Waals surface area (Å²) in [5.41, 5.74) is 1.25. The summed E-state index contributed by atoms with van der Waals surface area (Å²) in [5, 5.41) is 0. The van der Waals surface area contributed by atoms with Crippen LogP contribution >= 0.6 is 0 Å². The quantitative estimate of drug-likeness (QED) is 0.779. The number of hydrogen-bond donors (Lipinski definition) is 0. The number of likely N-dealkylation sites (tertiary alicyclic amines) is 1. The molecule has 100 valence electrons. The third kappa shape index (κ3) is 4.40. The Bertz CT molecular complexity index is 472. The zero-order valence-electron chi connectivity index (χ0n) is 10.6. The Labute approximate surface area is 109 Å². The van der Waals surface area contributed by atoms with Crippen LogP contribution in [0.25, 0.3) is 0 Å². The zero-order valence-corrected chi connectivity index (χ0v) is 11.4. The first-order chi connectivity index (χ1) is 8.53. The minimum absolute atomic E-state index is 0.197. The molecule has 0 spiro atoms. The number of hydrogen-bond acceptors (Lipinski definition) is 4. The molecule has 0 amide bonds. The van der Waals surface area contributed by atoms with Crippen LogP contribution < -0.4 is 0 Å². The molecule has 0 aromatic heterocycles. The molecule has 0 saturated carbocycles. The summed E-state index contributed by atoms with van der Waals surface area (Å²) in [6.45, 7) is 2.53. The first-order valence-corrected chi connectivity index (χ1v) is 7.99. The molecule has 1 aromatic carbocycles. The molecule has 1 aromatic rings. The minimum Gasteiger partial charge on any atom is -0.296 e. The minimum atomic E-state index is -3.35. The van der Waals surface area contributed by atoms with E-state index in [2.05, 4.69) is 17.0 Å². The Morgan fingerprint density at radius 3 is 2.72 bits per heavy atom. The van der Waals surface area contributed by atoms with Crippen LogP contribution in [0.4, 0.5) is 0 Å². The van der Waals surface area contributed by atoms with E-state index in [9.17, 15) is 8.42 Å². The molecule has 0 bridgehead atoms. The van der Waals surface area contributed by atoms with E-state index in [1.54, 1.807) is 0 Å². The van der Waals surface area contributed by atoms with Crippen molar-refractivity contribution in [1.29, 1.82) is 0 Å². The first-order valence-electron chi connectivity index (χ1n) is 6.17. The van der Waals surface area contributed by atoms with E-state index >= 15 is 0 Å². The van der Waals surface area contributed by atoms with Crippen molar-refractivity contribution in [3.63, 3.8) is 0 Å². The van der Waals surface area contributed by atoms with Crippen molar-refractivity contribution < 1.29 is 12.6 Å². The average Bonchev–Trinajstić information content (AvgIpc) is 2.28. The van der Waals surface area contributed by atoms with Crippen LogP contribution in [0.2, 0.25) is 0 Å². The summed E-state index contributed by atoms with van der Waals surface area (Å²) in [6.07, 6.45) is 2.71. The van der Waals surface area contributed by atoms with Crippen molar-refractivity contribution in [2.24, 2.45) is 0 Å². The molecule has 0 aliphatic carbocycles. The summed E-state index contributed by atoms with van der Waals surface area (Å²) in [6, 6.07) is 10.2. The van der Waals surface area contributed by atoms with Gasteiger partial charge < -0.3 is 0 Å². The Morgan fingerprint density at radius 2 is 2.06 bits per heavy atom. The maximum atomic E-state index is 11.1. The predicted octanol–water partition coefficient (Wildman–Crippen LogP) is 1.63. The molecule has 0 radical (unpaired) electrons. The van der Waals surface area contributed by atoms with Crippen LogP contribution in [-0.2, 0) is 20.8 Å². The fourth-order valence-corrected chi connectivity index (χ4v) is 2.98. The topological polar surface area (TPSA) is 46.6 Å². The molecule has 1 fully saturated rings. The fourth-order valence-electron chi connectivity index (χ4n) is 2.32. The van der Waals surface area contributed by atoms with E-state index in [1.807, 2.05) is 18.2 Å². The molecule has 5 heteroatoms. The Morgan fingerprint density at radius 1 is 1.33 bits per heavy atom. The monoisotopic (exact) mass is 269 g/mol. The second kappa shape index (κ2) is 5.82. The largest absolute Gasteiger partial charge is 0.296 e. The third-order valence-electron chi connectivity index (χ3n) is 3.02. The second-order valence-electron chi connectivity index (χ2n) is 4.79. The summed E-state index contributed by atoms with van der Waals surface area (Å²) in [5.74, 6) is 0. The maximum Gasteiger partial charge on any atom is 0.264 e. The highest BCUT2D eigenvalue weighted by Gasteiger charge is 2.23. The normalized spacial score (nSPS) is 21.9. The van der Waals surface area contributed by atoms with Crippen molar-refractivity contribution in [2.45, 2.75) is 25.5 Å². The Kier molecular flexibility index (Phi) is 4.37. The van der Waals surface area contributed by atoms with Gasteiger partial charge in [-0.2, -0.15) is 8.42 Å². The molecule has 1 aliphatic heterocycles. The molecule has 0 N–H and O–H groups in total. The van der Waals surface area contributed by atoms with E-state index in [1.165, 1.54) is 5.56 Å². The van der Waals surface area contributed by atoms with E-state index in [4.69, 9.17) is 4.18 Å². The summed E-state index contributed by atoms with van der Waals surface area (Å²) < 4.78 is 27.3. The lowest BCUT2D eigenvalue weighted by molar-refractivity contribution is 0.0899. The van der Waals surface area contributed by atoms with E-state index in [-0.39, 0.29) is 6.10 Å². The van der Waals surface area contributed by atoms with Crippen LogP contribution in [-0.4, -0.2) is 38.8 Å². The van der Waals surface area contributed by atoms with Crippen LogP contribution in [0.15, 0.2) is 30.3 Å². The van der Waals surface area contributed by atoms with Crippen LogP contribution in [0.3, 0.4) is 0 Å². The highest BCUT2D eigenvalue weighted by Crippen LogP contribution is 2.17. The molecular formula is C13H19NO3S. The Balaban J connectivity index is 1.91. The van der Waals surface area contributed by atoms with Gasteiger partial charge in [-0.1, -0.05) is 30.3 Å². The fraction of sp³-hybridized carbons (Fsp3) is 0.538. The molecule has 4 nitrogen and oxygen atoms in total. The summed E-state index contributed by atoms with van der Waals surface area (Å²) in [4.78, 5) is 2.24. The van der Waals surface area contributed by atoms with Gasteiger partial charge in [0.15, 0.2) is 0 Å². The Hall–Kier alpha value is -0.910. The van der Waals surface area contributed by atoms with Gasteiger partial charge in [-0.05, 0) is 24.9 Å². The molecule has 2 rings (SSSR count). The molecule has 18 heavy (non-hydrogen) atoms. The van der Waals surface area contributed by atoms with Gasteiger partial charge in [-0.15, -0.1) is 0 Å². The standard InChI is InChI=1S/C13H19NO3S/c1-18(15,16)17-13-8-5-9-14(11-13)10-12-6-3-2-4-7-12/h2-4,6-7,13H,5,8-11H2,1H3/t13-/m1/s1.